The van der Waals surface area contributed by atoms with Gasteiger partial charge in [-0.3, -0.25) is 13.9 Å². The topological polar surface area (TPSA) is 96.0 Å². The third kappa shape index (κ3) is 8.29. The van der Waals surface area contributed by atoms with Crippen LogP contribution in [0, 0.1) is 6.92 Å². The number of rotatable bonds is 14. The molecule has 10 heteroatoms. The van der Waals surface area contributed by atoms with E-state index in [9.17, 15) is 18.0 Å². The van der Waals surface area contributed by atoms with Crippen LogP contribution in [0.3, 0.4) is 0 Å². The van der Waals surface area contributed by atoms with Gasteiger partial charge in [0.1, 0.15) is 18.3 Å². The molecule has 8 nitrogen and oxygen atoms in total. The number of hydrogen-bond acceptors (Lipinski definition) is 6. The van der Waals surface area contributed by atoms with Crippen LogP contribution in [0.5, 0.6) is 5.75 Å². The molecule has 3 aromatic carbocycles. The molecule has 0 heterocycles. The Hall–Kier alpha value is -3.50. The van der Waals surface area contributed by atoms with E-state index in [4.69, 9.17) is 4.74 Å². The van der Waals surface area contributed by atoms with Gasteiger partial charge in [-0.1, -0.05) is 31.2 Å². The van der Waals surface area contributed by atoms with E-state index in [0.717, 1.165) is 20.3 Å². The van der Waals surface area contributed by atoms with Crippen molar-refractivity contribution < 1.29 is 22.7 Å². The number of nitrogens with one attached hydrogen (secondary N) is 1. The van der Waals surface area contributed by atoms with Crippen LogP contribution in [-0.4, -0.2) is 56.6 Å². The first-order valence-corrected chi connectivity index (χ1v) is 16.7. The summed E-state index contributed by atoms with van der Waals surface area (Å²) in [6, 6.07) is 19.9. The Balaban J connectivity index is 2.08. The monoisotopic (exact) mass is 611 g/mol. The van der Waals surface area contributed by atoms with Crippen molar-refractivity contribution in [2.45, 2.75) is 69.5 Å². The molecule has 42 heavy (non-hydrogen) atoms. The fourth-order valence-electron chi connectivity index (χ4n) is 4.55. The molecule has 0 saturated heterocycles. The third-order valence-electron chi connectivity index (χ3n) is 6.78. The second kappa shape index (κ2) is 15.1. The molecule has 1 atom stereocenters. The van der Waals surface area contributed by atoms with E-state index in [1.54, 1.807) is 48.5 Å². The van der Waals surface area contributed by atoms with Crippen LogP contribution in [0.2, 0.25) is 0 Å². The molecular formula is C32H41N3O5S2. The highest BCUT2D eigenvalue weighted by Gasteiger charge is 2.34. The largest absolute Gasteiger partial charge is 0.494 e. The molecule has 0 fully saturated rings. The Morgan fingerprint density at radius 2 is 1.60 bits per heavy atom. The van der Waals surface area contributed by atoms with Gasteiger partial charge in [-0.2, -0.15) is 0 Å². The summed E-state index contributed by atoms with van der Waals surface area (Å²) in [7, 11) is -4.15. The number of thioether (sulfide) groups is 1. The van der Waals surface area contributed by atoms with Gasteiger partial charge >= 0.3 is 0 Å². The molecular weight excluding hydrogens is 571 g/mol. The zero-order valence-electron chi connectivity index (χ0n) is 25.2. The summed E-state index contributed by atoms with van der Waals surface area (Å²) in [5.74, 6) is -0.174. The van der Waals surface area contributed by atoms with Gasteiger partial charge in [0.15, 0.2) is 0 Å². The SMILES string of the molecule is CCOc1ccc(N(CC(=O)N(Cc2ccccc2C)C(CC)C(=O)NC(C)C)S(=O)(=O)c2ccc(SC)cc2)cc1. The fourth-order valence-corrected chi connectivity index (χ4v) is 6.37. The first-order valence-electron chi connectivity index (χ1n) is 14.1. The van der Waals surface area contributed by atoms with E-state index in [1.807, 2.05) is 65.1 Å². The van der Waals surface area contributed by atoms with Gasteiger partial charge in [0.05, 0.1) is 17.2 Å². The lowest BCUT2D eigenvalue weighted by molar-refractivity contribution is -0.140. The number of carbonyl (C=O) groups excluding carboxylic acids is 2. The third-order valence-corrected chi connectivity index (χ3v) is 9.31. The van der Waals surface area contributed by atoms with Crippen LogP contribution < -0.4 is 14.4 Å². The zero-order valence-corrected chi connectivity index (χ0v) is 26.8. The molecule has 0 aliphatic carbocycles. The number of hydrogen-bond donors (Lipinski definition) is 1. The highest BCUT2D eigenvalue weighted by Crippen LogP contribution is 2.28. The number of anilines is 1. The maximum Gasteiger partial charge on any atom is 0.264 e. The summed E-state index contributed by atoms with van der Waals surface area (Å²) in [5.41, 5.74) is 2.17. The van der Waals surface area contributed by atoms with Crippen LogP contribution >= 0.6 is 11.8 Å². The minimum absolute atomic E-state index is 0.0667. The maximum atomic E-state index is 14.2. The van der Waals surface area contributed by atoms with Crippen molar-refractivity contribution in [3.05, 3.63) is 83.9 Å². The van der Waals surface area contributed by atoms with Crippen molar-refractivity contribution in [3.63, 3.8) is 0 Å². The summed E-state index contributed by atoms with van der Waals surface area (Å²) in [6.07, 6.45) is 2.28. The molecule has 3 rings (SSSR count). The standard InChI is InChI=1S/C32H41N3O5S2/c1-7-30(32(37)33-23(3)4)34(21-25-12-10-9-11-24(25)5)31(36)22-35(26-13-15-27(16-14-26)40-8-2)42(38,39)29-19-17-28(41-6)18-20-29/h9-20,23,30H,7-8,21-22H2,1-6H3,(H,33,37). The fraction of sp³-hybridized carbons (Fsp3) is 0.375. The Bertz CT molecular complexity index is 1440. The van der Waals surface area contributed by atoms with Crippen LogP contribution in [0.1, 0.15) is 45.2 Å². The zero-order chi connectivity index (χ0) is 30.9. The van der Waals surface area contributed by atoms with Gasteiger partial charge in [0, 0.05) is 17.5 Å². The Kier molecular flexibility index (Phi) is 11.9. The Labute approximate surface area is 254 Å². The lowest BCUT2D eigenvalue weighted by Crippen LogP contribution is -2.53. The van der Waals surface area contributed by atoms with Crippen molar-refractivity contribution in [2.75, 3.05) is 23.7 Å². The van der Waals surface area contributed by atoms with Gasteiger partial charge in [-0.15, -0.1) is 11.8 Å². The molecule has 2 amide bonds. The Morgan fingerprint density at radius 3 is 2.14 bits per heavy atom. The normalized spacial score (nSPS) is 12.1. The molecule has 0 aromatic heterocycles. The number of amides is 2. The van der Waals surface area contributed by atoms with Gasteiger partial charge in [-0.05, 0) is 100 Å². The number of sulfonamides is 1. The molecule has 0 bridgehead atoms. The lowest BCUT2D eigenvalue weighted by atomic mass is 10.1. The molecule has 1 N–H and O–H groups in total. The first-order chi connectivity index (χ1) is 20.0. The van der Waals surface area contributed by atoms with Gasteiger partial charge in [0.2, 0.25) is 11.8 Å². The molecule has 0 aliphatic rings. The number of carbonyl (C=O) groups is 2. The van der Waals surface area contributed by atoms with Gasteiger partial charge < -0.3 is 15.0 Å². The van der Waals surface area contributed by atoms with E-state index in [2.05, 4.69) is 5.32 Å². The molecule has 0 spiro atoms. The van der Waals surface area contributed by atoms with Crippen molar-refractivity contribution in [3.8, 4) is 5.75 Å². The number of ether oxygens (including phenoxy) is 1. The molecule has 226 valence electrons. The van der Waals surface area contributed by atoms with Gasteiger partial charge in [-0.25, -0.2) is 8.42 Å². The van der Waals surface area contributed by atoms with Crippen molar-refractivity contribution in [1.82, 2.24) is 10.2 Å². The molecule has 0 saturated carbocycles. The summed E-state index contributed by atoms with van der Waals surface area (Å²) >= 11 is 1.51. The Morgan fingerprint density at radius 1 is 0.952 bits per heavy atom. The predicted octanol–water partition coefficient (Wildman–Crippen LogP) is 5.64. The molecule has 1 unspecified atom stereocenters. The highest BCUT2D eigenvalue weighted by atomic mass is 32.2. The minimum atomic E-state index is -4.15. The van der Waals surface area contributed by atoms with E-state index < -0.39 is 28.5 Å². The minimum Gasteiger partial charge on any atom is -0.494 e. The predicted molar refractivity (Wildman–Crippen MR) is 169 cm³/mol. The van der Waals surface area contributed by atoms with E-state index in [0.29, 0.717) is 24.5 Å². The number of benzene rings is 3. The van der Waals surface area contributed by atoms with Crippen molar-refractivity contribution in [1.29, 1.82) is 0 Å². The summed E-state index contributed by atoms with van der Waals surface area (Å²) in [6.45, 7) is 9.52. The summed E-state index contributed by atoms with van der Waals surface area (Å²) in [4.78, 5) is 30.0. The van der Waals surface area contributed by atoms with E-state index in [1.165, 1.54) is 16.7 Å². The first kappa shape index (κ1) is 33.0. The molecule has 3 aromatic rings. The van der Waals surface area contributed by atoms with Crippen LogP contribution in [0.15, 0.2) is 82.6 Å². The number of nitrogens with zero attached hydrogens (tertiary/aromatic N) is 2. The van der Waals surface area contributed by atoms with E-state index >= 15 is 0 Å². The second-order valence-corrected chi connectivity index (χ2v) is 12.9. The number of aryl methyl sites for hydroxylation is 1. The highest BCUT2D eigenvalue weighted by molar-refractivity contribution is 7.98. The second-order valence-electron chi connectivity index (χ2n) is 10.1. The quantitative estimate of drug-likeness (QED) is 0.237. The smallest absolute Gasteiger partial charge is 0.264 e. The average molecular weight is 612 g/mol. The summed E-state index contributed by atoms with van der Waals surface area (Å²) in [5, 5.41) is 2.92. The average Bonchev–Trinajstić information content (AvgIpc) is 2.97. The molecule has 0 aliphatic heterocycles. The maximum absolute atomic E-state index is 14.2. The molecule has 0 radical (unpaired) electrons. The lowest BCUT2D eigenvalue weighted by Gasteiger charge is -2.34. The van der Waals surface area contributed by atoms with Gasteiger partial charge in [0.25, 0.3) is 10.0 Å². The van der Waals surface area contributed by atoms with E-state index in [-0.39, 0.29) is 23.4 Å². The summed E-state index contributed by atoms with van der Waals surface area (Å²) < 4.78 is 34.8. The van der Waals surface area contributed by atoms with Crippen molar-refractivity contribution >= 4 is 39.3 Å². The van der Waals surface area contributed by atoms with Crippen LogP contribution in [-0.2, 0) is 26.2 Å². The van der Waals surface area contributed by atoms with Crippen molar-refractivity contribution in [2.24, 2.45) is 0 Å². The van der Waals surface area contributed by atoms with Crippen LogP contribution in [0.25, 0.3) is 0 Å². The van der Waals surface area contributed by atoms with Crippen LogP contribution in [0.4, 0.5) is 5.69 Å².